The Labute approximate surface area is 81.1 Å². The second-order valence-corrected chi connectivity index (χ2v) is 3.52. The molecule has 0 atom stereocenters. The fourth-order valence-electron chi connectivity index (χ4n) is 1.60. The topological polar surface area (TPSA) is 43.4 Å². The van der Waals surface area contributed by atoms with E-state index in [1.165, 1.54) is 0 Å². The largest absolute Gasteiger partial charge is 0.398 e. The molecule has 0 spiro atoms. The fraction of sp³-hybridized carbons (Fsp3) is 0.889. The van der Waals surface area contributed by atoms with Crippen molar-refractivity contribution in [2.45, 2.75) is 46.5 Å². The van der Waals surface area contributed by atoms with E-state index >= 15 is 0 Å². The molecule has 13 heavy (non-hydrogen) atoms. The molecule has 0 saturated carbocycles. The van der Waals surface area contributed by atoms with Crippen LogP contribution in [0, 0.1) is 5.41 Å². The second kappa shape index (κ2) is 6.09. The quantitative estimate of drug-likeness (QED) is 0.623. The maximum absolute atomic E-state index is 11.5. The van der Waals surface area contributed by atoms with Gasteiger partial charge in [0.25, 0.3) is 0 Å². The highest BCUT2D eigenvalue weighted by molar-refractivity contribution is 7.18. The van der Waals surface area contributed by atoms with E-state index in [1.54, 1.807) is 0 Å². The lowest BCUT2D eigenvalue weighted by molar-refractivity contribution is -0.146. The standard InChI is InChI=1S/C9H17O3P/c1-4-7-9(5-2,6-3)8(10)12-13-11/h4-7H2,1-3H3. The molecule has 0 amide bonds. The average molecular weight is 204 g/mol. The van der Waals surface area contributed by atoms with Crippen molar-refractivity contribution >= 4 is 14.7 Å². The Bertz CT molecular complexity index is 176. The first kappa shape index (κ1) is 12.6. The van der Waals surface area contributed by atoms with Crippen LogP contribution in [-0.4, -0.2) is 5.97 Å². The molecule has 0 aliphatic heterocycles. The monoisotopic (exact) mass is 204 g/mol. The minimum absolute atomic E-state index is 0.337. The van der Waals surface area contributed by atoms with E-state index in [0.717, 1.165) is 25.7 Å². The average Bonchev–Trinajstić information content (AvgIpc) is 2.14. The summed E-state index contributed by atoms with van der Waals surface area (Å²) in [6.07, 6.45) is 3.22. The Kier molecular flexibility index (Phi) is 5.89. The minimum Gasteiger partial charge on any atom is -0.372 e. The third-order valence-corrected chi connectivity index (χ3v) is 2.88. The maximum Gasteiger partial charge on any atom is 0.398 e. The normalized spacial score (nSPS) is 11.6. The maximum atomic E-state index is 11.5. The number of hydrogen-bond acceptors (Lipinski definition) is 3. The molecule has 0 fully saturated rings. The highest BCUT2D eigenvalue weighted by Crippen LogP contribution is 2.34. The summed E-state index contributed by atoms with van der Waals surface area (Å²) in [6.45, 7) is 5.95. The Morgan fingerprint density at radius 1 is 1.31 bits per heavy atom. The summed E-state index contributed by atoms with van der Waals surface area (Å²) < 4.78 is 14.7. The number of hydrogen-bond donors (Lipinski definition) is 0. The van der Waals surface area contributed by atoms with Gasteiger partial charge in [0.15, 0.2) is 0 Å². The van der Waals surface area contributed by atoms with Gasteiger partial charge in [-0.2, -0.15) is 0 Å². The van der Waals surface area contributed by atoms with Crippen molar-refractivity contribution in [3.63, 3.8) is 0 Å². The predicted molar refractivity (Wildman–Crippen MR) is 51.6 cm³/mol. The van der Waals surface area contributed by atoms with Gasteiger partial charge in [0, 0.05) is 0 Å². The molecule has 0 aromatic rings. The van der Waals surface area contributed by atoms with Gasteiger partial charge in [-0.25, -0.2) is 4.57 Å². The molecule has 0 saturated heterocycles. The first-order chi connectivity index (χ1) is 6.16. The van der Waals surface area contributed by atoms with Crippen LogP contribution in [0.25, 0.3) is 0 Å². The van der Waals surface area contributed by atoms with E-state index in [0.29, 0.717) is 0 Å². The van der Waals surface area contributed by atoms with Crippen molar-refractivity contribution in [1.82, 2.24) is 0 Å². The number of carbonyl (C=O) groups excluding carboxylic acids is 1. The summed E-state index contributed by atoms with van der Waals surface area (Å²) in [5.74, 6) is -0.337. The molecular formula is C9H17O3P. The fourth-order valence-corrected chi connectivity index (χ4v) is 1.86. The summed E-state index contributed by atoms with van der Waals surface area (Å²) in [6, 6.07) is 0. The van der Waals surface area contributed by atoms with Crippen molar-refractivity contribution in [3.05, 3.63) is 0 Å². The Morgan fingerprint density at radius 2 is 1.85 bits per heavy atom. The molecule has 0 aromatic carbocycles. The van der Waals surface area contributed by atoms with E-state index in [-0.39, 0.29) is 5.97 Å². The zero-order valence-electron chi connectivity index (χ0n) is 8.50. The van der Waals surface area contributed by atoms with Gasteiger partial charge >= 0.3 is 14.7 Å². The van der Waals surface area contributed by atoms with Crippen molar-refractivity contribution in [2.75, 3.05) is 0 Å². The molecule has 0 aliphatic rings. The van der Waals surface area contributed by atoms with Gasteiger partial charge < -0.3 is 4.52 Å². The molecule has 0 radical (unpaired) electrons. The smallest absolute Gasteiger partial charge is 0.372 e. The van der Waals surface area contributed by atoms with E-state index in [4.69, 9.17) is 0 Å². The van der Waals surface area contributed by atoms with Crippen LogP contribution in [0.5, 0.6) is 0 Å². The molecule has 0 aromatic heterocycles. The van der Waals surface area contributed by atoms with Crippen molar-refractivity contribution in [1.29, 1.82) is 0 Å². The van der Waals surface area contributed by atoms with Crippen LogP contribution in [0.4, 0.5) is 0 Å². The van der Waals surface area contributed by atoms with Gasteiger partial charge in [0.1, 0.15) is 0 Å². The molecular weight excluding hydrogens is 187 g/mol. The SMILES string of the molecule is CCCC(CC)(CC)C(=O)OP=O. The lowest BCUT2D eigenvalue weighted by Gasteiger charge is -2.26. The lowest BCUT2D eigenvalue weighted by Crippen LogP contribution is -2.29. The van der Waals surface area contributed by atoms with Gasteiger partial charge in [-0.3, -0.25) is 4.79 Å². The lowest BCUT2D eigenvalue weighted by atomic mass is 9.78. The van der Waals surface area contributed by atoms with E-state index in [9.17, 15) is 9.36 Å². The van der Waals surface area contributed by atoms with Gasteiger partial charge in [0.05, 0.1) is 5.41 Å². The molecule has 0 N–H and O–H groups in total. The Balaban J connectivity index is 4.52. The first-order valence-corrected chi connectivity index (χ1v) is 5.44. The first-order valence-electron chi connectivity index (χ1n) is 4.71. The zero-order valence-corrected chi connectivity index (χ0v) is 9.39. The second-order valence-electron chi connectivity index (χ2n) is 3.19. The van der Waals surface area contributed by atoms with Crippen molar-refractivity contribution in [3.8, 4) is 0 Å². The third kappa shape index (κ3) is 3.07. The molecule has 0 heterocycles. The molecule has 3 nitrogen and oxygen atoms in total. The van der Waals surface area contributed by atoms with Crippen molar-refractivity contribution in [2.24, 2.45) is 5.41 Å². The number of carbonyl (C=O) groups is 1. The van der Waals surface area contributed by atoms with E-state index < -0.39 is 14.1 Å². The summed E-state index contributed by atoms with van der Waals surface area (Å²) in [5, 5.41) is 0. The summed E-state index contributed by atoms with van der Waals surface area (Å²) in [7, 11) is -0.542. The van der Waals surface area contributed by atoms with Gasteiger partial charge in [0.2, 0.25) is 0 Å². The predicted octanol–water partition coefficient (Wildman–Crippen LogP) is 3.34. The summed E-state index contributed by atoms with van der Waals surface area (Å²) >= 11 is 0. The molecule has 0 rings (SSSR count). The summed E-state index contributed by atoms with van der Waals surface area (Å²) in [5.41, 5.74) is -0.424. The molecule has 0 bridgehead atoms. The van der Waals surface area contributed by atoms with Crippen LogP contribution < -0.4 is 0 Å². The zero-order chi connectivity index (χ0) is 10.3. The Hall–Kier alpha value is -0.430. The van der Waals surface area contributed by atoms with E-state index in [1.807, 2.05) is 20.8 Å². The molecule has 4 heteroatoms. The van der Waals surface area contributed by atoms with Gasteiger partial charge in [-0.1, -0.05) is 27.2 Å². The minimum atomic E-state index is -0.542. The molecule has 0 unspecified atom stereocenters. The third-order valence-electron chi connectivity index (χ3n) is 2.64. The van der Waals surface area contributed by atoms with Crippen LogP contribution >= 0.6 is 8.69 Å². The van der Waals surface area contributed by atoms with Crippen molar-refractivity contribution < 1.29 is 13.9 Å². The van der Waals surface area contributed by atoms with Crippen LogP contribution in [0.2, 0.25) is 0 Å². The van der Waals surface area contributed by atoms with E-state index in [2.05, 4.69) is 4.52 Å². The van der Waals surface area contributed by atoms with Crippen LogP contribution in [0.1, 0.15) is 46.5 Å². The van der Waals surface area contributed by atoms with Gasteiger partial charge in [-0.15, -0.1) is 0 Å². The molecule has 76 valence electrons. The number of rotatable bonds is 6. The highest BCUT2D eigenvalue weighted by atomic mass is 31.1. The van der Waals surface area contributed by atoms with Gasteiger partial charge in [-0.05, 0) is 19.3 Å². The Morgan fingerprint density at radius 3 is 2.15 bits per heavy atom. The van der Waals surface area contributed by atoms with Crippen LogP contribution in [-0.2, 0) is 13.9 Å². The molecule has 0 aliphatic carbocycles. The van der Waals surface area contributed by atoms with Crippen LogP contribution in [0.15, 0.2) is 0 Å². The summed E-state index contributed by atoms with van der Waals surface area (Å²) in [4.78, 5) is 11.5. The van der Waals surface area contributed by atoms with Crippen LogP contribution in [0.3, 0.4) is 0 Å². The highest BCUT2D eigenvalue weighted by Gasteiger charge is 2.35.